The molecule has 0 saturated heterocycles. The van der Waals surface area contributed by atoms with Gasteiger partial charge in [-0.1, -0.05) is 20.8 Å². The van der Waals surface area contributed by atoms with Crippen LogP contribution in [0.4, 0.5) is 0 Å². The molecule has 0 radical (unpaired) electrons. The van der Waals surface area contributed by atoms with Gasteiger partial charge in [-0.2, -0.15) is 0 Å². The number of carbonyl (C=O) groups is 1. The Labute approximate surface area is 78.2 Å². The minimum absolute atomic E-state index is 0.210. The minimum atomic E-state index is -0.282. The number of hydrogen-bond acceptors (Lipinski definition) is 3. The van der Waals surface area contributed by atoms with Crippen molar-refractivity contribution in [2.24, 2.45) is 5.41 Å². The summed E-state index contributed by atoms with van der Waals surface area (Å²) in [5, 5.41) is 0. The summed E-state index contributed by atoms with van der Waals surface area (Å²) in [6.07, 6.45) is 5.24. The zero-order chi connectivity index (χ0) is 9.90. The Hall–Kier alpha value is -1.25. The highest BCUT2D eigenvalue weighted by molar-refractivity contribution is 5.85. The third-order valence-corrected chi connectivity index (χ3v) is 1.82. The van der Waals surface area contributed by atoms with Crippen LogP contribution in [0.3, 0.4) is 0 Å². The summed E-state index contributed by atoms with van der Waals surface area (Å²) in [5.41, 5.74) is 0.595. The lowest BCUT2D eigenvalue weighted by Crippen LogP contribution is -2.22. The molecule has 0 aliphatic rings. The maximum atomic E-state index is 11.6. The van der Waals surface area contributed by atoms with Crippen molar-refractivity contribution in [2.75, 3.05) is 0 Å². The van der Waals surface area contributed by atoms with Crippen molar-refractivity contribution >= 4 is 5.78 Å². The fourth-order valence-electron chi connectivity index (χ4n) is 0.872. The van der Waals surface area contributed by atoms with Gasteiger partial charge in [0.2, 0.25) is 0 Å². The van der Waals surface area contributed by atoms with Gasteiger partial charge in [0.1, 0.15) is 12.1 Å². The molecule has 1 rings (SSSR count). The summed E-state index contributed by atoms with van der Waals surface area (Å²) in [5.74, 6) is 0.210. The fourth-order valence-corrected chi connectivity index (χ4v) is 0.872. The fraction of sp³-hybridized carbons (Fsp3) is 0.500. The Balaban J connectivity index is 2.66. The summed E-state index contributed by atoms with van der Waals surface area (Å²) >= 11 is 0. The second-order valence-electron chi connectivity index (χ2n) is 4.10. The molecular formula is C10H14N2O. The van der Waals surface area contributed by atoms with E-state index in [1.165, 1.54) is 6.33 Å². The Bertz CT molecular complexity index is 288. The summed E-state index contributed by atoms with van der Waals surface area (Å²) in [7, 11) is 0. The van der Waals surface area contributed by atoms with Crippen molar-refractivity contribution in [1.29, 1.82) is 0 Å². The van der Waals surface area contributed by atoms with Gasteiger partial charge in [-0.25, -0.2) is 9.97 Å². The molecule has 3 heteroatoms. The smallest absolute Gasteiger partial charge is 0.142 e. The first kappa shape index (κ1) is 9.84. The molecule has 0 aromatic carbocycles. The molecule has 70 valence electrons. The lowest BCUT2D eigenvalue weighted by Gasteiger charge is -2.15. The van der Waals surface area contributed by atoms with Crippen LogP contribution in [0, 0.1) is 5.41 Å². The summed E-state index contributed by atoms with van der Waals surface area (Å²) in [4.78, 5) is 19.3. The van der Waals surface area contributed by atoms with Crippen LogP contribution >= 0.6 is 0 Å². The topological polar surface area (TPSA) is 42.9 Å². The zero-order valence-electron chi connectivity index (χ0n) is 8.24. The molecule has 1 aromatic heterocycles. The Morgan fingerprint density at radius 2 is 1.85 bits per heavy atom. The predicted octanol–water partition coefficient (Wildman–Crippen LogP) is 1.63. The standard InChI is InChI=1S/C10H14N2O/c1-10(2,3)9(13)4-8-5-11-7-12-6-8/h5-7H,4H2,1-3H3. The third kappa shape index (κ3) is 2.93. The molecule has 1 heterocycles. The van der Waals surface area contributed by atoms with Crippen LogP contribution in [0.2, 0.25) is 0 Å². The highest BCUT2D eigenvalue weighted by atomic mass is 16.1. The number of nitrogens with zero attached hydrogens (tertiary/aromatic N) is 2. The minimum Gasteiger partial charge on any atom is -0.299 e. The maximum Gasteiger partial charge on any atom is 0.142 e. The largest absolute Gasteiger partial charge is 0.299 e. The van der Waals surface area contributed by atoms with E-state index in [4.69, 9.17) is 0 Å². The molecule has 0 atom stereocenters. The quantitative estimate of drug-likeness (QED) is 0.691. The highest BCUT2D eigenvalue weighted by Gasteiger charge is 2.20. The van der Waals surface area contributed by atoms with Crippen molar-refractivity contribution in [3.8, 4) is 0 Å². The van der Waals surface area contributed by atoms with Gasteiger partial charge < -0.3 is 0 Å². The number of rotatable bonds is 2. The number of carbonyl (C=O) groups excluding carboxylic acids is 1. The van der Waals surface area contributed by atoms with Crippen molar-refractivity contribution in [3.63, 3.8) is 0 Å². The molecule has 0 bridgehead atoms. The molecule has 0 fully saturated rings. The Morgan fingerprint density at radius 1 is 1.31 bits per heavy atom. The second kappa shape index (κ2) is 3.64. The summed E-state index contributed by atoms with van der Waals surface area (Å²) in [6, 6.07) is 0. The average Bonchev–Trinajstić information content (AvgIpc) is 2.04. The van der Waals surface area contributed by atoms with Crippen LogP contribution in [0.5, 0.6) is 0 Å². The number of aromatic nitrogens is 2. The van der Waals surface area contributed by atoms with Crippen molar-refractivity contribution in [2.45, 2.75) is 27.2 Å². The van der Waals surface area contributed by atoms with Gasteiger partial charge in [-0.15, -0.1) is 0 Å². The van der Waals surface area contributed by atoms with Gasteiger partial charge in [0.05, 0.1) is 0 Å². The van der Waals surface area contributed by atoms with E-state index in [9.17, 15) is 4.79 Å². The van der Waals surface area contributed by atoms with Crippen LogP contribution < -0.4 is 0 Å². The van der Waals surface area contributed by atoms with Crippen LogP contribution in [0.15, 0.2) is 18.7 Å². The first-order valence-electron chi connectivity index (χ1n) is 4.27. The van der Waals surface area contributed by atoms with Gasteiger partial charge in [0, 0.05) is 24.2 Å². The third-order valence-electron chi connectivity index (χ3n) is 1.82. The van der Waals surface area contributed by atoms with Gasteiger partial charge in [0.15, 0.2) is 0 Å². The lowest BCUT2D eigenvalue weighted by molar-refractivity contribution is -0.125. The molecule has 0 N–H and O–H groups in total. The van der Waals surface area contributed by atoms with E-state index in [1.807, 2.05) is 20.8 Å². The normalized spacial score (nSPS) is 11.3. The lowest BCUT2D eigenvalue weighted by atomic mass is 9.88. The number of ketones is 1. The Kier molecular flexibility index (Phi) is 2.76. The van der Waals surface area contributed by atoms with Crippen LogP contribution in [0.1, 0.15) is 26.3 Å². The second-order valence-corrected chi connectivity index (χ2v) is 4.10. The van der Waals surface area contributed by atoms with E-state index in [-0.39, 0.29) is 11.2 Å². The van der Waals surface area contributed by atoms with Crippen molar-refractivity contribution in [1.82, 2.24) is 9.97 Å². The van der Waals surface area contributed by atoms with E-state index in [0.29, 0.717) is 6.42 Å². The SMILES string of the molecule is CC(C)(C)C(=O)Cc1cncnc1. The average molecular weight is 178 g/mol. The predicted molar refractivity (Wildman–Crippen MR) is 50.2 cm³/mol. The summed E-state index contributed by atoms with van der Waals surface area (Å²) < 4.78 is 0. The van der Waals surface area contributed by atoms with Crippen molar-refractivity contribution in [3.05, 3.63) is 24.3 Å². The monoisotopic (exact) mass is 178 g/mol. The Morgan fingerprint density at radius 3 is 2.31 bits per heavy atom. The molecule has 1 aromatic rings. The molecule has 0 unspecified atom stereocenters. The molecule has 13 heavy (non-hydrogen) atoms. The van der Waals surface area contributed by atoms with Gasteiger partial charge in [-0.3, -0.25) is 4.79 Å². The molecule has 0 spiro atoms. The first-order valence-corrected chi connectivity index (χ1v) is 4.27. The van der Waals surface area contributed by atoms with E-state index in [2.05, 4.69) is 9.97 Å². The summed E-state index contributed by atoms with van der Waals surface area (Å²) in [6.45, 7) is 5.75. The van der Waals surface area contributed by atoms with Crippen molar-refractivity contribution < 1.29 is 4.79 Å². The number of Topliss-reactive ketones (excluding diaryl/α,β-unsaturated/α-hetero) is 1. The molecule has 0 amide bonds. The molecular weight excluding hydrogens is 164 g/mol. The molecule has 0 aliphatic carbocycles. The van der Waals surface area contributed by atoms with E-state index in [0.717, 1.165) is 5.56 Å². The molecule has 3 nitrogen and oxygen atoms in total. The maximum absolute atomic E-state index is 11.6. The van der Waals surface area contributed by atoms with E-state index < -0.39 is 0 Å². The highest BCUT2D eigenvalue weighted by Crippen LogP contribution is 2.16. The van der Waals surface area contributed by atoms with Gasteiger partial charge in [-0.05, 0) is 5.56 Å². The van der Waals surface area contributed by atoms with E-state index >= 15 is 0 Å². The van der Waals surface area contributed by atoms with Gasteiger partial charge >= 0.3 is 0 Å². The van der Waals surface area contributed by atoms with Crippen LogP contribution in [0.25, 0.3) is 0 Å². The number of hydrogen-bond donors (Lipinski definition) is 0. The first-order chi connectivity index (χ1) is 6.00. The molecule has 0 aliphatic heterocycles. The molecule has 0 saturated carbocycles. The van der Waals surface area contributed by atoms with Crippen LogP contribution in [-0.4, -0.2) is 15.8 Å². The van der Waals surface area contributed by atoms with Gasteiger partial charge in [0.25, 0.3) is 0 Å². The van der Waals surface area contributed by atoms with E-state index in [1.54, 1.807) is 12.4 Å². The van der Waals surface area contributed by atoms with Crippen LogP contribution in [-0.2, 0) is 11.2 Å². The zero-order valence-corrected chi connectivity index (χ0v) is 8.24.